The van der Waals surface area contributed by atoms with Gasteiger partial charge in [-0.25, -0.2) is 4.39 Å². The first-order valence-corrected chi connectivity index (χ1v) is 7.05. The van der Waals surface area contributed by atoms with Crippen molar-refractivity contribution >= 4 is 15.9 Å². The minimum atomic E-state index is -0.202. The van der Waals surface area contributed by atoms with Crippen LogP contribution in [0, 0.1) is 5.82 Å². The highest BCUT2D eigenvalue weighted by Gasteiger charge is 2.12. The van der Waals surface area contributed by atoms with Gasteiger partial charge in [0.15, 0.2) is 11.5 Å². The molecule has 0 aromatic heterocycles. The molecule has 1 aliphatic heterocycles. The molecule has 0 amide bonds. The minimum absolute atomic E-state index is 0.202. The van der Waals surface area contributed by atoms with Crippen molar-refractivity contribution in [2.24, 2.45) is 0 Å². The van der Waals surface area contributed by atoms with Crippen LogP contribution in [-0.2, 0) is 13.1 Å². The fourth-order valence-electron chi connectivity index (χ4n) is 2.07. The van der Waals surface area contributed by atoms with Crippen molar-refractivity contribution in [3.8, 4) is 11.5 Å². The maximum Gasteiger partial charge on any atom is 0.231 e. The van der Waals surface area contributed by atoms with E-state index < -0.39 is 0 Å². The van der Waals surface area contributed by atoms with Crippen molar-refractivity contribution in [3.05, 3.63) is 57.8 Å². The SMILES string of the molecule is Fc1ccc(Br)cc1CNCc1ccc2c(c1)OCO2. The van der Waals surface area contributed by atoms with E-state index in [4.69, 9.17) is 9.47 Å². The summed E-state index contributed by atoms with van der Waals surface area (Å²) in [5.41, 5.74) is 1.71. The highest BCUT2D eigenvalue weighted by atomic mass is 79.9. The summed E-state index contributed by atoms with van der Waals surface area (Å²) in [6.45, 7) is 1.39. The first-order valence-electron chi connectivity index (χ1n) is 6.25. The van der Waals surface area contributed by atoms with Gasteiger partial charge in [-0.3, -0.25) is 0 Å². The second-order valence-electron chi connectivity index (χ2n) is 4.53. The lowest BCUT2D eigenvalue weighted by molar-refractivity contribution is 0.174. The molecule has 3 rings (SSSR count). The molecule has 104 valence electrons. The summed E-state index contributed by atoms with van der Waals surface area (Å²) in [5, 5.41) is 3.22. The number of nitrogens with one attached hydrogen (secondary N) is 1. The maximum atomic E-state index is 13.6. The lowest BCUT2D eigenvalue weighted by atomic mass is 10.2. The van der Waals surface area contributed by atoms with Crippen LogP contribution in [0.25, 0.3) is 0 Å². The van der Waals surface area contributed by atoms with Crippen molar-refractivity contribution in [1.82, 2.24) is 5.32 Å². The van der Waals surface area contributed by atoms with Crippen LogP contribution in [0.3, 0.4) is 0 Å². The molecule has 3 nitrogen and oxygen atoms in total. The van der Waals surface area contributed by atoms with Gasteiger partial charge in [-0.05, 0) is 35.9 Å². The molecule has 0 spiro atoms. The van der Waals surface area contributed by atoms with E-state index >= 15 is 0 Å². The Kier molecular flexibility index (Phi) is 3.89. The Labute approximate surface area is 124 Å². The zero-order valence-corrected chi connectivity index (χ0v) is 12.2. The molecule has 0 bridgehead atoms. The van der Waals surface area contributed by atoms with E-state index in [0.29, 0.717) is 18.7 Å². The van der Waals surface area contributed by atoms with Gasteiger partial charge < -0.3 is 14.8 Å². The third-order valence-electron chi connectivity index (χ3n) is 3.09. The second-order valence-corrected chi connectivity index (χ2v) is 5.44. The van der Waals surface area contributed by atoms with Gasteiger partial charge in [0.1, 0.15) is 5.82 Å². The van der Waals surface area contributed by atoms with Crippen LogP contribution in [0.4, 0.5) is 4.39 Å². The highest BCUT2D eigenvalue weighted by molar-refractivity contribution is 9.10. The number of rotatable bonds is 4. The van der Waals surface area contributed by atoms with Crippen LogP contribution in [0.1, 0.15) is 11.1 Å². The molecule has 1 heterocycles. The van der Waals surface area contributed by atoms with Gasteiger partial charge >= 0.3 is 0 Å². The summed E-state index contributed by atoms with van der Waals surface area (Å²) in [6.07, 6.45) is 0. The summed E-state index contributed by atoms with van der Waals surface area (Å²) in [7, 11) is 0. The average Bonchev–Trinajstić information content (AvgIpc) is 2.90. The van der Waals surface area contributed by atoms with Gasteiger partial charge in [0.2, 0.25) is 6.79 Å². The van der Waals surface area contributed by atoms with Crippen molar-refractivity contribution in [2.45, 2.75) is 13.1 Å². The molecule has 1 aliphatic rings. The lowest BCUT2D eigenvalue weighted by Crippen LogP contribution is -2.13. The third kappa shape index (κ3) is 2.94. The van der Waals surface area contributed by atoms with Crippen LogP contribution in [-0.4, -0.2) is 6.79 Å². The van der Waals surface area contributed by atoms with E-state index in [0.717, 1.165) is 21.5 Å². The average molecular weight is 338 g/mol. The van der Waals surface area contributed by atoms with E-state index in [1.807, 2.05) is 18.2 Å². The monoisotopic (exact) mass is 337 g/mol. The lowest BCUT2D eigenvalue weighted by Gasteiger charge is -2.07. The van der Waals surface area contributed by atoms with Gasteiger partial charge in [0, 0.05) is 23.1 Å². The summed E-state index contributed by atoms with van der Waals surface area (Å²) in [6, 6.07) is 10.7. The van der Waals surface area contributed by atoms with E-state index in [1.54, 1.807) is 12.1 Å². The van der Waals surface area contributed by atoms with Crippen LogP contribution in [0.2, 0.25) is 0 Å². The Balaban J connectivity index is 1.61. The van der Waals surface area contributed by atoms with Crippen molar-refractivity contribution in [1.29, 1.82) is 0 Å². The molecule has 0 saturated carbocycles. The van der Waals surface area contributed by atoms with Gasteiger partial charge in [0.25, 0.3) is 0 Å². The quantitative estimate of drug-likeness (QED) is 0.924. The predicted octanol–water partition coefficient (Wildman–Crippen LogP) is 3.61. The predicted molar refractivity (Wildman–Crippen MR) is 77.2 cm³/mol. The molecule has 1 N–H and O–H groups in total. The van der Waals surface area contributed by atoms with Crippen molar-refractivity contribution in [2.75, 3.05) is 6.79 Å². The minimum Gasteiger partial charge on any atom is -0.454 e. The third-order valence-corrected chi connectivity index (χ3v) is 3.58. The number of hydrogen-bond acceptors (Lipinski definition) is 3. The maximum absolute atomic E-state index is 13.6. The van der Waals surface area contributed by atoms with E-state index in [9.17, 15) is 4.39 Å². The fourth-order valence-corrected chi connectivity index (χ4v) is 2.48. The van der Waals surface area contributed by atoms with E-state index in [-0.39, 0.29) is 12.6 Å². The Morgan fingerprint density at radius 2 is 1.90 bits per heavy atom. The molecular weight excluding hydrogens is 325 g/mol. The number of halogens is 2. The molecule has 2 aromatic carbocycles. The Hall–Kier alpha value is -1.59. The number of benzene rings is 2. The summed E-state index contributed by atoms with van der Waals surface area (Å²) >= 11 is 3.34. The standard InChI is InChI=1S/C15H13BrFNO2/c16-12-2-3-13(17)11(6-12)8-18-7-10-1-4-14-15(5-10)20-9-19-14/h1-6,18H,7-9H2. The first kappa shape index (κ1) is 13.4. The molecule has 0 unspecified atom stereocenters. The Morgan fingerprint density at radius 1 is 1.05 bits per heavy atom. The van der Waals surface area contributed by atoms with Gasteiger partial charge in [-0.15, -0.1) is 0 Å². The van der Waals surface area contributed by atoms with Crippen LogP contribution in [0.15, 0.2) is 40.9 Å². The summed E-state index contributed by atoms with van der Waals surface area (Å²) in [4.78, 5) is 0. The molecule has 0 aliphatic carbocycles. The van der Waals surface area contributed by atoms with Gasteiger partial charge in [0.05, 0.1) is 0 Å². The number of hydrogen-bond donors (Lipinski definition) is 1. The summed E-state index contributed by atoms with van der Waals surface area (Å²) < 4.78 is 25.0. The zero-order chi connectivity index (χ0) is 13.9. The Morgan fingerprint density at radius 3 is 2.80 bits per heavy atom. The molecular formula is C15H13BrFNO2. The smallest absolute Gasteiger partial charge is 0.231 e. The van der Waals surface area contributed by atoms with E-state index in [1.165, 1.54) is 6.07 Å². The molecule has 5 heteroatoms. The molecule has 0 fully saturated rings. The zero-order valence-electron chi connectivity index (χ0n) is 10.7. The second kappa shape index (κ2) is 5.81. The van der Waals surface area contributed by atoms with Gasteiger partial charge in [-0.1, -0.05) is 22.0 Å². The largest absolute Gasteiger partial charge is 0.454 e. The summed E-state index contributed by atoms with van der Waals surface area (Å²) in [5.74, 6) is 1.33. The van der Waals surface area contributed by atoms with E-state index in [2.05, 4.69) is 21.2 Å². The Bertz CT molecular complexity index is 633. The first-order chi connectivity index (χ1) is 9.72. The van der Waals surface area contributed by atoms with Crippen LogP contribution in [0.5, 0.6) is 11.5 Å². The molecule has 2 aromatic rings. The molecule has 20 heavy (non-hydrogen) atoms. The molecule has 0 atom stereocenters. The molecule has 0 radical (unpaired) electrons. The highest BCUT2D eigenvalue weighted by Crippen LogP contribution is 2.32. The van der Waals surface area contributed by atoms with Crippen molar-refractivity contribution < 1.29 is 13.9 Å². The van der Waals surface area contributed by atoms with Crippen LogP contribution >= 0.6 is 15.9 Å². The van der Waals surface area contributed by atoms with Crippen molar-refractivity contribution in [3.63, 3.8) is 0 Å². The number of ether oxygens (including phenoxy) is 2. The van der Waals surface area contributed by atoms with Crippen LogP contribution < -0.4 is 14.8 Å². The van der Waals surface area contributed by atoms with Gasteiger partial charge in [-0.2, -0.15) is 0 Å². The molecule has 0 saturated heterocycles. The fraction of sp³-hybridized carbons (Fsp3) is 0.200. The normalized spacial score (nSPS) is 12.7. The topological polar surface area (TPSA) is 30.5 Å². The number of fused-ring (bicyclic) bond motifs is 1.